The zero-order chi connectivity index (χ0) is 13.3. The second-order valence-corrected chi connectivity index (χ2v) is 5.78. The number of anilines is 1. The SMILES string of the molecule is Cc1ccc(C(=O)O)c(N2CCC(C)(C)CC2)n1. The quantitative estimate of drug-likeness (QED) is 0.874. The van der Waals surface area contributed by atoms with Gasteiger partial charge in [0, 0.05) is 18.8 Å². The van der Waals surface area contributed by atoms with Gasteiger partial charge in [0.1, 0.15) is 11.4 Å². The van der Waals surface area contributed by atoms with Crippen molar-refractivity contribution in [1.82, 2.24) is 4.98 Å². The minimum atomic E-state index is -0.901. The third-order valence-corrected chi connectivity index (χ3v) is 3.66. The van der Waals surface area contributed by atoms with E-state index >= 15 is 0 Å². The topological polar surface area (TPSA) is 53.4 Å². The number of hydrogen-bond donors (Lipinski definition) is 1. The van der Waals surface area contributed by atoms with E-state index in [2.05, 4.69) is 23.7 Å². The number of aromatic carboxylic acids is 1. The van der Waals surface area contributed by atoms with E-state index in [9.17, 15) is 9.90 Å². The number of nitrogens with zero attached hydrogens (tertiary/aromatic N) is 2. The van der Waals surface area contributed by atoms with Crippen LogP contribution in [0, 0.1) is 12.3 Å². The smallest absolute Gasteiger partial charge is 0.339 e. The second kappa shape index (κ2) is 4.59. The molecule has 4 heteroatoms. The van der Waals surface area contributed by atoms with Crippen LogP contribution in [0.2, 0.25) is 0 Å². The molecule has 1 aliphatic heterocycles. The maximum absolute atomic E-state index is 11.2. The molecule has 0 unspecified atom stereocenters. The minimum absolute atomic E-state index is 0.306. The lowest BCUT2D eigenvalue weighted by Crippen LogP contribution is -2.38. The van der Waals surface area contributed by atoms with E-state index in [0.717, 1.165) is 31.6 Å². The Morgan fingerprint density at radius 1 is 1.33 bits per heavy atom. The Bertz CT molecular complexity index is 459. The van der Waals surface area contributed by atoms with E-state index in [-0.39, 0.29) is 0 Å². The van der Waals surface area contributed by atoms with Crippen molar-refractivity contribution in [1.29, 1.82) is 0 Å². The number of pyridine rings is 1. The lowest BCUT2D eigenvalue weighted by Gasteiger charge is -2.38. The summed E-state index contributed by atoms with van der Waals surface area (Å²) in [4.78, 5) is 17.7. The van der Waals surface area contributed by atoms with Gasteiger partial charge in [-0.2, -0.15) is 0 Å². The van der Waals surface area contributed by atoms with Crippen LogP contribution in [0.5, 0.6) is 0 Å². The van der Waals surface area contributed by atoms with Crippen LogP contribution in [-0.4, -0.2) is 29.1 Å². The molecule has 98 valence electrons. The molecule has 2 rings (SSSR count). The zero-order valence-electron chi connectivity index (χ0n) is 11.2. The molecule has 0 saturated carbocycles. The molecule has 1 aliphatic rings. The van der Waals surface area contributed by atoms with E-state index in [1.807, 2.05) is 6.92 Å². The molecule has 1 aromatic rings. The van der Waals surface area contributed by atoms with Crippen molar-refractivity contribution < 1.29 is 9.90 Å². The molecule has 18 heavy (non-hydrogen) atoms. The van der Waals surface area contributed by atoms with Crippen LogP contribution in [0.1, 0.15) is 42.7 Å². The van der Waals surface area contributed by atoms with E-state index in [4.69, 9.17) is 0 Å². The van der Waals surface area contributed by atoms with Gasteiger partial charge in [0.2, 0.25) is 0 Å². The molecule has 4 nitrogen and oxygen atoms in total. The number of hydrogen-bond acceptors (Lipinski definition) is 3. The number of carboxylic acid groups (broad SMARTS) is 1. The van der Waals surface area contributed by atoms with Gasteiger partial charge in [-0.05, 0) is 37.3 Å². The van der Waals surface area contributed by atoms with Gasteiger partial charge in [-0.3, -0.25) is 0 Å². The summed E-state index contributed by atoms with van der Waals surface area (Å²) in [6, 6.07) is 3.40. The molecule has 0 bridgehead atoms. The average molecular weight is 248 g/mol. The van der Waals surface area contributed by atoms with Gasteiger partial charge in [-0.25, -0.2) is 9.78 Å². The first-order valence-corrected chi connectivity index (χ1v) is 6.35. The Kier molecular flexibility index (Phi) is 3.28. The number of aryl methyl sites for hydroxylation is 1. The molecule has 0 aromatic carbocycles. The van der Waals surface area contributed by atoms with Crippen molar-refractivity contribution in [2.45, 2.75) is 33.6 Å². The summed E-state index contributed by atoms with van der Waals surface area (Å²) in [5.74, 6) is -0.277. The Hall–Kier alpha value is -1.58. The van der Waals surface area contributed by atoms with E-state index in [0.29, 0.717) is 16.8 Å². The van der Waals surface area contributed by atoms with Gasteiger partial charge in [-0.15, -0.1) is 0 Å². The molecule has 1 aromatic heterocycles. The molecule has 0 amide bonds. The van der Waals surface area contributed by atoms with E-state index < -0.39 is 5.97 Å². The van der Waals surface area contributed by atoms with Gasteiger partial charge in [0.25, 0.3) is 0 Å². The van der Waals surface area contributed by atoms with Gasteiger partial charge in [0.15, 0.2) is 0 Å². The van der Waals surface area contributed by atoms with Gasteiger partial charge in [0.05, 0.1) is 0 Å². The fourth-order valence-electron chi connectivity index (χ4n) is 2.27. The Labute approximate surface area is 108 Å². The van der Waals surface area contributed by atoms with Crippen molar-refractivity contribution in [3.8, 4) is 0 Å². The highest BCUT2D eigenvalue weighted by molar-refractivity contribution is 5.93. The number of aromatic nitrogens is 1. The van der Waals surface area contributed by atoms with Crippen molar-refractivity contribution in [3.05, 3.63) is 23.4 Å². The standard InChI is InChI=1S/C14H20N2O2/c1-10-4-5-11(13(17)18)12(15-10)16-8-6-14(2,3)7-9-16/h4-5H,6-9H2,1-3H3,(H,17,18). The van der Waals surface area contributed by atoms with Crippen LogP contribution < -0.4 is 4.90 Å². The molecule has 0 radical (unpaired) electrons. The number of piperidine rings is 1. The fourth-order valence-corrected chi connectivity index (χ4v) is 2.27. The Morgan fingerprint density at radius 2 is 1.94 bits per heavy atom. The van der Waals surface area contributed by atoms with Crippen molar-refractivity contribution in [2.75, 3.05) is 18.0 Å². The molecular weight excluding hydrogens is 228 g/mol. The van der Waals surface area contributed by atoms with E-state index in [1.54, 1.807) is 12.1 Å². The largest absolute Gasteiger partial charge is 0.478 e. The first kappa shape index (κ1) is 12.9. The second-order valence-electron chi connectivity index (χ2n) is 5.78. The molecular formula is C14H20N2O2. The third-order valence-electron chi connectivity index (χ3n) is 3.66. The third kappa shape index (κ3) is 2.63. The monoisotopic (exact) mass is 248 g/mol. The molecule has 0 aliphatic carbocycles. The maximum atomic E-state index is 11.2. The summed E-state index contributed by atoms with van der Waals surface area (Å²) >= 11 is 0. The lowest BCUT2D eigenvalue weighted by atomic mass is 9.82. The fraction of sp³-hybridized carbons (Fsp3) is 0.571. The van der Waals surface area contributed by atoms with Crippen LogP contribution in [-0.2, 0) is 0 Å². The molecule has 1 saturated heterocycles. The van der Waals surface area contributed by atoms with Crippen LogP contribution in [0.15, 0.2) is 12.1 Å². The predicted octanol–water partition coefficient (Wildman–Crippen LogP) is 2.71. The molecule has 0 spiro atoms. The Morgan fingerprint density at radius 3 is 2.50 bits per heavy atom. The molecule has 0 atom stereocenters. The van der Waals surface area contributed by atoms with Crippen LogP contribution >= 0.6 is 0 Å². The van der Waals surface area contributed by atoms with Gasteiger partial charge < -0.3 is 10.0 Å². The van der Waals surface area contributed by atoms with Crippen LogP contribution in [0.3, 0.4) is 0 Å². The summed E-state index contributed by atoms with van der Waals surface area (Å²) < 4.78 is 0. The summed E-state index contributed by atoms with van der Waals surface area (Å²) in [6.07, 6.45) is 2.14. The predicted molar refractivity (Wildman–Crippen MR) is 71.2 cm³/mol. The van der Waals surface area contributed by atoms with E-state index in [1.165, 1.54) is 0 Å². The highest BCUT2D eigenvalue weighted by Crippen LogP contribution is 2.32. The summed E-state index contributed by atoms with van der Waals surface area (Å²) in [5, 5.41) is 9.22. The van der Waals surface area contributed by atoms with Crippen molar-refractivity contribution in [2.24, 2.45) is 5.41 Å². The van der Waals surface area contributed by atoms with Crippen LogP contribution in [0.25, 0.3) is 0 Å². The normalized spacial score (nSPS) is 18.7. The first-order chi connectivity index (χ1) is 8.39. The van der Waals surface area contributed by atoms with Gasteiger partial charge in [-0.1, -0.05) is 13.8 Å². The minimum Gasteiger partial charge on any atom is -0.478 e. The summed E-state index contributed by atoms with van der Waals surface area (Å²) in [7, 11) is 0. The molecule has 1 N–H and O–H groups in total. The average Bonchev–Trinajstić information content (AvgIpc) is 2.28. The Balaban J connectivity index is 2.28. The lowest BCUT2D eigenvalue weighted by molar-refractivity contribution is 0.0697. The highest BCUT2D eigenvalue weighted by Gasteiger charge is 2.28. The summed E-state index contributed by atoms with van der Waals surface area (Å²) in [6.45, 7) is 8.16. The summed E-state index contributed by atoms with van der Waals surface area (Å²) in [5.41, 5.74) is 1.52. The maximum Gasteiger partial charge on any atom is 0.339 e. The number of carboxylic acids is 1. The number of rotatable bonds is 2. The van der Waals surface area contributed by atoms with Crippen molar-refractivity contribution >= 4 is 11.8 Å². The first-order valence-electron chi connectivity index (χ1n) is 6.35. The zero-order valence-corrected chi connectivity index (χ0v) is 11.2. The van der Waals surface area contributed by atoms with Gasteiger partial charge >= 0.3 is 5.97 Å². The highest BCUT2D eigenvalue weighted by atomic mass is 16.4. The van der Waals surface area contributed by atoms with Crippen LogP contribution in [0.4, 0.5) is 5.82 Å². The number of carbonyl (C=O) groups is 1. The molecule has 1 fully saturated rings. The molecule has 2 heterocycles. The van der Waals surface area contributed by atoms with Crippen molar-refractivity contribution in [3.63, 3.8) is 0 Å².